The fraction of sp³-hybridized carbons (Fsp3) is 0.385. The van der Waals surface area contributed by atoms with Crippen LogP contribution in [-0.2, 0) is 6.61 Å². The number of hydrogen-bond donors (Lipinski definition) is 1. The third-order valence-electron chi connectivity index (χ3n) is 2.53. The van der Waals surface area contributed by atoms with Crippen molar-refractivity contribution < 1.29 is 5.11 Å². The Morgan fingerprint density at radius 2 is 2.25 bits per heavy atom. The molecule has 1 N–H and O–H groups in total. The van der Waals surface area contributed by atoms with Gasteiger partial charge in [-0.15, -0.1) is 6.58 Å². The number of halogens is 1. The van der Waals surface area contributed by atoms with Gasteiger partial charge in [-0.05, 0) is 25.0 Å². The highest BCUT2D eigenvalue weighted by atomic mass is 35.5. The summed E-state index contributed by atoms with van der Waals surface area (Å²) in [6.45, 7) is 4.67. The molecular weight excluding hydrogens is 222 g/mol. The Hall–Kier alpha value is -0.990. The highest BCUT2D eigenvalue weighted by Crippen LogP contribution is 2.24. The van der Waals surface area contributed by atoms with Crippen molar-refractivity contribution in [1.29, 1.82) is 0 Å². The van der Waals surface area contributed by atoms with Gasteiger partial charge in [0.1, 0.15) is 0 Å². The lowest BCUT2D eigenvalue weighted by Gasteiger charge is -2.22. The van der Waals surface area contributed by atoms with Crippen LogP contribution in [0, 0.1) is 0 Å². The summed E-state index contributed by atoms with van der Waals surface area (Å²) in [6.07, 6.45) is 3.97. The highest BCUT2D eigenvalue weighted by Gasteiger charge is 2.07. The van der Waals surface area contributed by atoms with E-state index >= 15 is 0 Å². The molecule has 0 amide bonds. The molecule has 0 heterocycles. The third-order valence-corrected chi connectivity index (χ3v) is 2.77. The van der Waals surface area contributed by atoms with Crippen LogP contribution in [0.1, 0.15) is 18.4 Å². The van der Waals surface area contributed by atoms with Crippen molar-refractivity contribution in [3.63, 3.8) is 0 Å². The van der Waals surface area contributed by atoms with Gasteiger partial charge in [-0.2, -0.15) is 0 Å². The molecule has 0 aliphatic rings. The zero-order valence-electron chi connectivity index (χ0n) is 9.62. The van der Waals surface area contributed by atoms with E-state index in [0.29, 0.717) is 5.02 Å². The van der Waals surface area contributed by atoms with Gasteiger partial charge in [0, 0.05) is 29.9 Å². The second kappa shape index (κ2) is 6.56. The number of anilines is 1. The van der Waals surface area contributed by atoms with Gasteiger partial charge in [0.2, 0.25) is 0 Å². The molecule has 2 nitrogen and oxygen atoms in total. The lowest BCUT2D eigenvalue weighted by molar-refractivity contribution is 0.282. The highest BCUT2D eigenvalue weighted by molar-refractivity contribution is 6.30. The van der Waals surface area contributed by atoms with Crippen LogP contribution in [0.15, 0.2) is 30.9 Å². The maximum Gasteiger partial charge on any atom is 0.0702 e. The molecule has 16 heavy (non-hydrogen) atoms. The molecule has 1 rings (SSSR count). The van der Waals surface area contributed by atoms with Crippen LogP contribution in [0.4, 0.5) is 5.69 Å². The molecule has 0 saturated carbocycles. The van der Waals surface area contributed by atoms with E-state index in [2.05, 4.69) is 11.5 Å². The minimum atomic E-state index is 0.0400. The smallest absolute Gasteiger partial charge is 0.0702 e. The van der Waals surface area contributed by atoms with Crippen LogP contribution in [0.25, 0.3) is 0 Å². The van der Waals surface area contributed by atoms with E-state index in [-0.39, 0.29) is 6.61 Å². The van der Waals surface area contributed by atoms with Gasteiger partial charge in [-0.25, -0.2) is 0 Å². The lowest BCUT2D eigenvalue weighted by Crippen LogP contribution is -2.19. The first-order chi connectivity index (χ1) is 7.69. The van der Waals surface area contributed by atoms with Gasteiger partial charge < -0.3 is 10.0 Å². The fourth-order valence-corrected chi connectivity index (χ4v) is 1.79. The van der Waals surface area contributed by atoms with Gasteiger partial charge in [0.05, 0.1) is 6.61 Å². The predicted octanol–water partition coefficient (Wildman–Crippen LogP) is 3.23. The molecule has 0 aliphatic heterocycles. The summed E-state index contributed by atoms with van der Waals surface area (Å²) in [5.41, 5.74) is 1.91. The molecule has 0 aliphatic carbocycles. The number of nitrogens with zero attached hydrogens (tertiary/aromatic N) is 1. The second-order valence-electron chi connectivity index (χ2n) is 3.78. The number of hydrogen-bond acceptors (Lipinski definition) is 2. The van der Waals surface area contributed by atoms with Crippen molar-refractivity contribution in [3.05, 3.63) is 41.4 Å². The molecule has 0 radical (unpaired) electrons. The number of aliphatic hydroxyl groups is 1. The first-order valence-electron chi connectivity index (χ1n) is 5.40. The Kier molecular flexibility index (Phi) is 5.36. The standard InChI is InChI=1S/C13H18ClNO/c1-3-4-5-8-15(2)13-9-12(14)7-6-11(13)10-16/h3,6-7,9,16H,1,4-5,8,10H2,2H3. The minimum Gasteiger partial charge on any atom is -0.392 e. The van der Waals surface area contributed by atoms with Gasteiger partial charge in [-0.3, -0.25) is 0 Å². The third kappa shape index (κ3) is 3.54. The zero-order chi connectivity index (χ0) is 12.0. The van der Waals surface area contributed by atoms with Gasteiger partial charge in [0.25, 0.3) is 0 Å². The van der Waals surface area contributed by atoms with Gasteiger partial charge in [-0.1, -0.05) is 23.7 Å². The molecule has 0 spiro atoms. The molecule has 0 bridgehead atoms. The normalized spacial score (nSPS) is 10.2. The van der Waals surface area contributed by atoms with Crippen LogP contribution in [0.2, 0.25) is 5.02 Å². The van der Waals surface area contributed by atoms with E-state index in [1.54, 1.807) is 6.07 Å². The first-order valence-corrected chi connectivity index (χ1v) is 5.78. The topological polar surface area (TPSA) is 23.5 Å². The molecule has 0 unspecified atom stereocenters. The summed E-state index contributed by atoms with van der Waals surface area (Å²) in [5, 5.41) is 9.94. The van der Waals surface area contributed by atoms with E-state index in [1.165, 1.54) is 0 Å². The Morgan fingerprint density at radius 1 is 1.50 bits per heavy atom. The summed E-state index contributed by atoms with van der Waals surface area (Å²) < 4.78 is 0. The maximum atomic E-state index is 9.24. The Bertz CT molecular complexity index is 352. The number of benzene rings is 1. The summed E-state index contributed by atoms with van der Waals surface area (Å²) >= 11 is 5.95. The Balaban J connectivity index is 2.75. The average Bonchev–Trinajstić information content (AvgIpc) is 2.29. The molecular formula is C13H18ClNO. The SMILES string of the molecule is C=CCCCN(C)c1cc(Cl)ccc1CO. The zero-order valence-corrected chi connectivity index (χ0v) is 10.4. The van der Waals surface area contributed by atoms with Crippen molar-refractivity contribution in [3.8, 4) is 0 Å². The van der Waals surface area contributed by atoms with Gasteiger partial charge >= 0.3 is 0 Å². The number of unbranched alkanes of at least 4 members (excludes halogenated alkanes) is 1. The monoisotopic (exact) mass is 239 g/mol. The largest absolute Gasteiger partial charge is 0.392 e. The summed E-state index contributed by atoms with van der Waals surface area (Å²) in [4.78, 5) is 2.11. The van der Waals surface area contributed by atoms with E-state index in [9.17, 15) is 5.11 Å². The molecule has 1 aromatic rings. The molecule has 88 valence electrons. The van der Waals surface area contributed by atoms with Crippen molar-refractivity contribution >= 4 is 17.3 Å². The van der Waals surface area contributed by atoms with Crippen LogP contribution in [-0.4, -0.2) is 18.7 Å². The second-order valence-corrected chi connectivity index (χ2v) is 4.22. The lowest BCUT2D eigenvalue weighted by atomic mass is 10.1. The van der Waals surface area contributed by atoms with Crippen LogP contribution < -0.4 is 4.90 Å². The number of rotatable bonds is 6. The molecule has 0 saturated heterocycles. The average molecular weight is 240 g/mol. The van der Waals surface area contributed by atoms with E-state index in [0.717, 1.165) is 30.6 Å². The van der Waals surface area contributed by atoms with Crippen molar-refractivity contribution in [2.24, 2.45) is 0 Å². The van der Waals surface area contributed by atoms with Crippen molar-refractivity contribution in [1.82, 2.24) is 0 Å². The molecule has 0 aromatic heterocycles. The number of aliphatic hydroxyl groups excluding tert-OH is 1. The van der Waals surface area contributed by atoms with Crippen LogP contribution >= 0.6 is 11.6 Å². The summed E-state index contributed by atoms with van der Waals surface area (Å²) in [5.74, 6) is 0. The van der Waals surface area contributed by atoms with E-state index in [4.69, 9.17) is 11.6 Å². The Morgan fingerprint density at radius 3 is 2.88 bits per heavy atom. The van der Waals surface area contributed by atoms with Crippen molar-refractivity contribution in [2.45, 2.75) is 19.4 Å². The van der Waals surface area contributed by atoms with Crippen LogP contribution in [0.5, 0.6) is 0 Å². The van der Waals surface area contributed by atoms with Gasteiger partial charge in [0.15, 0.2) is 0 Å². The Labute approximate surface area is 102 Å². The predicted molar refractivity (Wildman–Crippen MR) is 70.1 cm³/mol. The van der Waals surface area contributed by atoms with Crippen molar-refractivity contribution in [2.75, 3.05) is 18.5 Å². The fourth-order valence-electron chi connectivity index (χ4n) is 1.62. The van der Waals surface area contributed by atoms with E-state index in [1.807, 2.05) is 25.3 Å². The van der Waals surface area contributed by atoms with Crippen LogP contribution in [0.3, 0.4) is 0 Å². The molecule has 3 heteroatoms. The minimum absolute atomic E-state index is 0.0400. The first kappa shape index (κ1) is 13.1. The maximum absolute atomic E-state index is 9.24. The molecule has 0 atom stereocenters. The molecule has 1 aromatic carbocycles. The molecule has 0 fully saturated rings. The summed E-state index contributed by atoms with van der Waals surface area (Å²) in [7, 11) is 2.01. The van der Waals surface area contributed by atoms with E-state index < -0.39 is 0 Å². The number of allylic oxidation sites excluding steroid dienone is 1. The quantitative estimate of drug-likeness (QED) is 0.609. The summed E-state index contributed by atoms with van der Waals surface area (Å²) in [6, 6.07) is 5.55.